The number of hydrogen-bond acceptors (Lipinski definition) is 0. The molecule has 0 aliphatic heterocycles. The van der Waals surface area contributed by atoms with Gasteiger partial charge in [0.15, 0.2) is 0 Å². The summed E-state index contributed by atoms with van der Waals surface area (Å²) in [6, 6.07) is 22.1. The van der Waals surface area contributed by atoms with E-state index in [2.05, 4.69) is 74.5 Å². The molecule has 102 valence electrons. The highest BCUT2D eigenvalue weighted by Gasteiger charge is 2.21. The standard InChI is InChI=1S/C21H18/c1-14-7-5-10-17(15(14)2)19-11-6-12-20-18-9-4-3-8-16(18)13-21(19)20/h3-12H,13H2,1-2H3. The molecule has 0 saturated carbocycles. The van der Waals surface area contributed by atoms with Gasteiger partial charge in [0.25, 0.3) is 0 Å². The minimum Gasteiger partial charge on any atom is -0.0619 e. The van der Waals surface area contributed by atoms with Gasteiger partial charge in [-0.25, -0.2) is 0 Å². The van der Waals surface area contributed by atoms with Crippen molar-refractivity contribution in [1.29, 1.82) is 0 Å². The monoisotopic (exact) mass is 270 g/mol. The first-order valence-electron chi connectivity index (χ1n) is 7.52. The van der Waals surface area contributed by atoms with Gasteiger partial charge in [-0.1, -0.05) is 60.7 Å². The van der Waals surface area contributed by atoms with Crippen LogP contribution in [0.5, 0.6) is 0 Å². The highest BCUT2D eigenvalue weighted by molar-refractivity contribution is 5.85. The number of benzene rings is 3. The van der Waals surface area contributed by atoms with E-state index in [0.29, 0.717) is 0 Å². The van der Waals surface area contributed by atoms with Crippen molar-refractivity contribution in [2.45, 2.75) is 20.3 Å². The molecule has 0 N–H and O–H groups in total. The molecule has 0 amide bonds. The van der Waals surface area contributed by atoms with E-state index in [4.69, 9.17) is 0 Å². The van der Waals surface area contributed by atoms with Crippen molar-refractivity contribution >= 4 is 0 Å². The molecule has 0 heteroatoms. The molecule has 3 aromatic carbocycles. The molecule has 0 heterocycles. The zero-order chi connectivity index (χ0) is 14.4. The molecule has 0 aromatic heterocycles. The Bertz CT molecular complexity index is 840. The van der Waals surface area contributed by atoms with E-state index in [-0.39, 0.29) is 0 Å². The molecule has 21 heavy (non-hydrogen) atoms. The smallest absolute Gasteiger partial charge is 0.000728 e. The SMILES string of the molecule is Cc1cccc(-c2cccc3c2Cc2ccccc2-3)c1C. The van der Waals surface area contributed by atoms with Crippen LogP contribution in [0, 0.1) is 13.8 Å². The Morgan fingerprint density at radius 3 is 2.10 bits per heavy atom. The molecule has 0 spiro atoms. The fraction of sp³-hybridized carbons (Fsp3) is 0.143. The van der Waals surface area contributed by atoms with Crippen LogP contribution >= 0.6 is 0 Å². The van der Waals surface area contributed by atoms with Crippen molar-refractivity contribution < 1.29 is 0 Å². The highest BCUT2D eigenvalue weighted by Crippen LogP contribution is 2.42. The van der Waals surface area contributed by atoms with E-state index < -0.39 is 0 Å². The molecule has 0 atom stereocenters. The number of aryl methyl sites for hydroxylation is 1. The Kier molecular flexibility index (Phi) is 2.71. The predicted octanol–water partition coefficient (Wildman–Crippen LogP) is 5.54. The van der Waals surface area contributed by atoms with Gasteiger partial charge in [0.2, 0.25) is 0 Å². The largest absolute Gasteiger partial charge is 0.0619 e. The maximum atomic E-state index is 2.27. The number of rotatable bonds is 1. The van der Waals surface area contributed by atoms with Crippen molar-refractivity contribution in [2.24, 2.45) is 0 Å². The van der Waals surface area contributed by atoms with Gasteiger partial charge in [0.05, 0.1) is 0 Å². The van der Waals surface area contributed by atoms with Gasteiger partial charge in [0, 0.05) is 0 Å². The van der Waals surface area contributed by atoms with Crippen LogP contribution in [0.2, 0.25) is 0 Å². The van der Waals surface area contributed by atoms with Gasteiger partial charge < -0.3 is 0 Å². The lowest BCUT2D eigenvalue weighted by Gasteiger charge is -2.13. The van der Waals surface area contributed by atoms with Crippen LogP contribution in [0.25, 0.3) is 22.3 Å². The van der Waals surface area contributed by atoms with Crippen molar-refractivity contribution in [3.8, 4) is 22.3 Å². The molecule has 0 fully saturated rings. The quantitative estimate of drug-likeness (QED) is 0.426. The first-order valence-corrected chi connectivity index (χ1v) is 7.52. The van der Waals surface area contributed by atoms with E-state index in [1.165, 1.54) is 44.5 Å². The Labute approximate surface area is 126 Å². The summed E-state index contributed by atoms with van der Waals surface area (Å²) in [5.74, 6) is 0. The molecule has 0 radical (unpaired) electrons. The molecule has 0 nitrogen and oxygen atoms in total. The summed E-state index contributed by atoms with van der Waals surface area (Å²) in [4.78, 5) is 0. The van der Waals surface area contributed by atoms with Gasteiger partial charge in [-0.2, -0.15) is 0 Å². The summed E-state index contributed by atoms with van der Waals surface area (Å²) >= 11 is 0. The second-order valence-electron chi connectivity index (χ2n) is 5.91. The van der Waals surface area contributed by atoms with Gasteiger partial charge in [-0.05, 0) is 64.8 Å². The second kappa shape index (κ2) is 4.60. The average molecular weight is 270 g/mol. The van der Waals surface area contributed by atoms with Crippen LogP contribution in [-0.4, -0.2) is 0 Å². The summed E-state index contributed by atoms with van der Waals surface area (Å²) in [5.41, 5.74) is 11.3. The van der Waals surface area contributed by atoms with Crippen LogP contribution in [0.4, 0.5) is 0 Å². The summed E-state index contributed by atoms with van der Waals surface area (Å²) in [5, 5.41) is 0. The zero-order valence-electron chi connectivity index (χ0n) is 12.5. The van der Waals surface area contributed by atoms with Crippen LogP contribution in [0.1, 0.15) is 22.3 Å². The Morgan fingerprint density at radius 1 is 0.619 bits per heavy atom. The van der Waals surface area contributed by atoms with Gasteiger partial charge in [-0.3, -0.25) is 0 Å². The van der Waals surface area contributed by atoms with Crippen molar-refractivity contribution in [3.05, 3.63) is 82.9 Å². The summed E-state index contributed by atoms with van der Waals surface area (Å²) in [6.07, 6.45) is 1.05. The summed E-state index contributed by atoms with van der Waals surface area (Å²) in [7, 11) is 0. The van der Waals surface area contributed by atoms with Crippen LogP contribution in [-0.2, 0) is 6.42 Å². The number of fused-ring (bicyclic) bond motifs is 3. The predicted molar refractivity (Wildman–Crippen MR) is 89.6 cm³/mol. The fourth-order valence-electron chi connectivity index (χ4n) is 3.45. The van der Waals surface area contributed by atoms with Crippen molar-refractivity contribution in [1.82, 2.24) is 0 Å². The Balaban J connectivity index is 1.97. The van der Waals surface area contributed by atoms with Gasteiger partial charge in [0.1, 0.15) is 0 Å². The maximum Gasteiger partial charge on any atom is -0.000728 e. The lowest BCUT2D eigenvalue weighted by molar-refractivity contribution is 1.25. The van der Waals surface area contributed by atoms with Crippen LogP contribution in [0.15, 0.2) is 60.7 Å². The molecule has 0 unspecified atom stereocenters. The molecular formula is C21H18. The molecule has 1 aliphatic rings. The maximum absolute atomic E-state index is 2.27. The molecule has 1 aliphatic carbocycles. The molecule has 0 bridgehead atoms. The first kappa shape index (κ1) is 12.4. The average Bonchev–Trinajstić information content (AvgIpc) is 2.89. The summed E-state index contributed by atoms with van der Waals surface area (Å²) in [6.45, 7) is 4.42. The third-order valence-electron chi connectivity index (χ3n) is 4.75. The van der Waals surface area contributed by atoms with E-state index in [0.717, 1.165) is 6.42 Å². The second-order valence-corrected chi connectivity index (χ2v) is 5.91. The van der Waals surface area contributed by atoms with E-state index >= 15 is 0 Å². The van der Waals surface area contributed by atoms with E-state index in [1.54, 1.807) is 0 Å². The number of hydrogen-bond donors (Lipinski definition) is 0. The topological polar surface area (TPSA) is 0 Å². The fourth-order valence-corrected chi connectivity index (χ4v) is 3.45. The lowest BCUT2D eigenvalue weighted by atomic mass is 9.91. The minimum atomic E-state index is 1.05. The third kappa shape index (κ3) is 1.83. The normalized spacial score (nSPS) is 12.1. The van der Waals surface area contributed by atoms with Crippen molar-refractivity contribution in [3.63, 3.8) is 0 Å². The summed E-state index contributed by atoms with van der Waals surface area (Å²) < 4.78 is 0. The van der Waals surface area contributed by atoms with E-state index in [1.807, 2.05) is 0 Å². The molecule has 0 saturated heterocycles. The van der Waals surface area contributed by atoms with Gasteiger partial charge in [-0.15, -0.1) is 0 Å². The molecule has 4 rings (SSSR count). The highest BCUT2D eigenvalue weighted by atomic mass is 14.2. The van der Waals surface area contributed by atoms with Crippen LogP contribution in [0.3, 0.4) is 0 Å². The first-order chi connectivity index (χ1) is 10.3. The van der Waals surface area contributed by atoms with Gasteiger partial charge >= 0.3 is 0 Å². The third-order valence-corrected chi connectivity index (χ3v) is 4.75. The molecular weight excluding hydrogens is 252 g/mol. The lowest BCUT2D eigenvalue weighted by Crippen LogP contribution is -1.92. The van der Waals surface area contributed by atoms with E-state index in [9.17, 15) is 0 Å². The Hall–Kier alpha value is -2.34. The Morgan fingerprint density at radius 2 is 1.24 bits per heavy atom. The van der Waals surface area contributed by atoms with Crippen molar-refractivity contribution in [2.75, 3.05) is 0 Å². The zero-order valence-corrected chi connectivity index (χ0v) is 12.5. The molecule has 3 aromatic rings. The minimum absolute atomic E-state index is 1.05. The van der Waals surface area contributed by atoms with Crippen LogP contribution < -0.4 is 0 Å².